The number of β-amino-alcohol motifs (C(OH)–C–C–N with tert-alkyl or cyclic N) is 1. The van der Waals surface area contributed by atoms with Crippen molar-refractivity contribution in [3.05, 3.63) is 35.9 Å². The second kappa shape index (κ2) is 5.18. The summed E-state index contributed by atoms with van der Waals surface area (Å²) in [5.41, 5.74) is -0.475. The molecule has 96 valence electrons. The second-order valence-electron chi connectivity index (χ2n) is 4.36. The van der Waals surface area contributed by atoms with E-state index in [4.69, 9.17) is 4.74 Å². The topological polar surface area (TPSA) is 75.6 Å². The molecule has 0 saturated carbocycles. The summed E-state index contributed by atoms with van der Waals surface area (Å²) in [7, 11) is 0. The predicted molar refractivity (Wildman–Crippen MR) is 63.4 cm³/mol. The molecule has 18 heavy (non-hydrogen) atoms. The van der Waals surface area contributed by atoms with Crippen LogP contribution in [0.5, 0.6) is 0 Å². The van der Waals surface area contributed by atoms with E-state index in [0.717, 1.165) is 5.56 Å². The van der Waals surface area contributed by atoms with E-state index in [1.807, 2.05) is 30.3 Å². The van der Waals surface area contributed by atoms with E-state index in [0.29, 0.717) is 0 Å². The van der Waals surface area contributed by atoms with Crippen molar-refractivity contribution in [1.29, 1.82) is 0 Å². The third-order valence-corrected chi connectivity index (χ3v) is 2.95. The first-order valence-electron chi connectivity index (χ1n) is 5.80. The fraction of sp³-hybridized carbons (Fsp3) is 0.385. The maximum atomic E-state index is 11.4. The van der Waals surface area contributed by atoms with E-state index < -0.39 is 17.5 Å². The lowest BCUT2D eigenvalue weighted by molar-refractivity contribution is -0.156. The molecular formula is C13H15NO4. The van der Waals surface area contributed by atoms with Gasteiger partial charge in [-0.05, 0) is 12.0 Å². The van der Waals surface area contributed by atoms with Gasteiger partial charge in [0.1, 0.15) is 6.61 Å². The molecule has 1 aromatic rings. The molecule has 1 fully saturated rings. The normalized spacial score (nSPS) is 21.9. The summed E-state index contributed by atoms with van der Waals surface area (Å²) >= 11 is 0. The zero-order chi connectivity index (χ0) is 13.0. The minimum atomic E-state index is -1.38. The van der Waals surface area contributed by atoms with Gasteiger partial charge in [0, 0.05) is 6.42 Å². The van der Waals surface area contributed by atoms with Gasteiger partial charge in [-0.2, -0.15) is 0 Å². The molecule has 0 aliphatic carbocycles. The molecule has 2 N–H and O–H groups in total. The van der Waals surface area contributed by atoms with Crippen molar-refractivity contribution < 1.29 is 19.4 Å². The molecule has 1 aromatic carbocycles. The molecule has 1 amide bonds. The molecule has 1 unspecified atom stereocenters. The van der Waals surface area contributed by atoms with Crippen LogP contribution in [0.2, 0.25) is 0 Å². The lowest BCUT2D eigenvalue weighted by atomic mass is 9.90. The summed E-state index contributed by atoms with van der Waals surface area (Å²) in [6.07, 6.45) is 0.142. The molecule has 1 saturated heterocycles. The van der Waals surface area contributed by atoms with Gasteiger partial charge >= 0.3 is 5.97 Å². The monoisotopic (exact) mass is 249 g/mol. The van der Waals surface area contributed by atoms with Crippen molar-refractivity contribution in [3.63, 3.8) is 0 Å². The van der Waals surface area contributed by atoms with E-state index in [9.17, 15) is 14.7 Å². The SMILES string of the molecule is O=C(CCC1(O)CNC1=O)OCc1ccccc1. The number of hydrogen-bond acceptors (Lipinski definition) is 4. The van der Waals surface area contributed by atoms with Crippen LogP contribution in [0, 0.1) is 0 Å². The molecule has 1 aliphatic rings. The van der Waals surface area contributed by atoms with Crippen LogP contribution in [0.3, 0.4) is 0 Å². The number of aliphatic hydroxyl groups is 1. The number of benzene rings is 1. The molecule has 0 radical (unpaired) electrons. The Labute approximate surface area is 105 Å². The summed E-state index contributed by atoms with van der Waals surface area (Å²) in [4.78, 5) is 22.5. The number of hydrogen-bond donors (Lipinski definition) is 2. The van der Waals surface area contributed by atoms with E-state index in [1.165, 1.54) is 0 Å². The second-order valence-corrected chi connectivity index (χ2v) is 4.36. The Morgan fingerprint density at radius 2 is 2.11 bits per heavy atom. The quantitative estimate of drug-likeness (QED) is 0.584. The smallest absolute Gasteiger partial charge is 0.306 e. The minimum absolute atomic E-state index is 0.0384. The Morgan fingerprint density at radius 1 is 1.39 bits per heavy atom. The highest BCUT2D eigenvalue weighted by Crippen LogP contribution is 2.19. The van der Waals surface area contributed by atoms with Crippen LogP contribution in [0.4, 0.5) is 0 Å². The maximum absolute atomic E-state index is 11.4. The van der Waals surface area contributed by atoms with Crippen LogP contribution in [0.15, 0.2) is 30.3 Å². The largest absolute Gasteiger partial charge is 0.461 e. The van der Waals surface area contributed by atoms with Gasteiger partial charge < -0.3 is 15.2 Å². The average molecular weight is 249 g/mol. The number of amides is 1. The van der Waals surface area contributed by atoms with Gasteiger partial charge in [-0.3, -0.25) is 9.59 Å². The maximum Gasteiger partial charge on any atom is 0.306 e. The Balaban J connectivity index is 1.71. The number of carbonyl (C=O) groups is 2. The summed E-state index contributed by atoms with van der Waals surface area (Å²) in [5.74, 6) is -0.828. The Bertz CT molecular complexity index is 446. The van der Waals surface area contributed by atoms with Crippen LogP contribution >= 0.6 is 0 Å². The predicted octanol–water partition coefficient (Wildman–Crippen LogP) is 0.371. The lowest BCUT2D eigenvalue weighted by Crippen LogP contribution is -2.64. The first kappa shape index (κ1) is 12.6. The van der Waals surface area contributed by atoms with Gasteiger partial charge in [0.05, 0.1) is 6.54 Å². The number of carbonyl (C=O) groups excluding carboxylic acids is 2. The third kappa shape index (κ3) is 2.87. The van der Waals surface area contributed by atoms with Crippen molar-refractivity contribution in [1.82, 2.24) is 5.32 Å². The molecule has 1 heterocycles. The van der Waals surface area contributed by atoms with E-state index >= 15 is 0 Å². The van der Waals surface area contributed by atoms with Gasteiger partial charge in [-0.1, -0.05) is 30.3 Å². The van der Waals surface area contributed by atoms with Gasteiger partial charge in [0.15, 0.2) is 5.60 Å². The summed E-state index contributed by atoms with van der Waals surface area (Å²) < 4.78 is 5.05. The molecule has 2 rings (SSSR count). The van der Waals surface area contributed by atoms with E-state index in [1.54, 1.807) is 0 Å². The van der Waals surface area contributed by atoms with Crippen LogP contribution < -0.4 is 5.32 Å². The van der Waals surface area contributed by atoms with Gasteiger partial charge in [-0.25, -0.2) is 0 Å². The Kier molecular flexibility index (Phi) is 3.62. The van der Waals surface area contributed by atoms with Crippen LogP contribution in [-0.2, 0) is 20.9 Å². The molecular weight excluding hydrogens is 234 g/mol. The van der Waals surface area contributed by atoms with E-state index in [2.05, 4.69) is 5.32 Å². The van der Waals surface area contributed by atoms with Crippen molar-refractivity contribution in [2.75, 3.05) is 6.54 Å². The summed E-state index contributed by atoms with van der Waals surface area (Å²) in [5, 5.41) is 12.1. The number of rotatable bonds is 5. The molecule has 0 spiro atoms. The standard InChI is InChI=1S/C13H15NO4/c15-11(6-7-13(17)9-14-12(13)16)18-8-10-4-2-1-3-5-10/h1-5,17H,6-9H2,(H,14,16). The van der Waals surface area contributed by atoms with Crippen LogP contribution in [0.25, 0.3) is 0 Å². The lowest BCUT2D eigenvalue weighted by Gasteiger charge is -2.35. The van der Waals surface area contributed by atoms with Crippen molar-refractivity contribution in [2.24, 2.45) is 0 Å². The Hall–Kier alpha value is -1.88. The third-order valence-electron chi connectivity index (χ3n) is 2.95. The van der Waals surface area contributed by atoms with Gasteiger partial charge in [0.2, 0.25) is 0 Å². The van der Waals surface area contributed by atoms with Crippen LogP contribution in [-0.4, -0.2) is 29.1 Å². The summed E-state index contributed by atoms with van der Waals surface area (Å²) in [6, 6.07) is 9.34. The van der Waals surface area contributed by atoms with Crippen molar-refractivity contribution in [3.8, 4) is 0 Å². The van der Waals surface area contributed by atoms with Gasteiger partial charge in [-0.15, -0.1) is 0 Å². The molecule has 5 nitrogen and oxygen atoms in total. The average Bonchev–Trinajstić information content (AvgIpc) is 2.42. The fourth-order valence-corrected chi connectivity index (χ4v) is 1.69. The van der Waals surface area contributed by atoms with E-state index in [-0.39, 0.29) is 26.0 Å². The van der Waals surface area contributed by atoms with Crippen LogP contribution in [0.1, 0.15) is 18.4 Å². The first-order chi connectivity index (χ1) is 8.60. The number of nitrogens with one attached hydrogen (secondary N) is 1. The Morgan fingerprint density at radius 3 is 2.67 bits per heavy atom. The highest BCUT2D eigenvalue weighted by Gasteiger charge is 2.44. The minimum Gasteiger partial charge on any atom is -0.461 e. The van der Waals surface area contributed by atoms with Crippen molar-refractivity contribution in [2.45, 2.75) is 25.0 Å². The zero-order valence-electron chi connectivity index (χ0n) is 9.89. The van der Waals surface area contributed by atoms with Crippen molar-refractivity contribution >= 4 is 11.9 Å². The molecule has 5 heteroatoms. The highest BCUT2D eigenvalue weighted by molar-refractivity contribution is 5.91. The molecule has 1 atom stereocenters. The van der Waals surface area contributed by atoms with Gasteiger partial charge in [0.25, 0.3) is 5.91 Å². The molecule has 0 aromatic heterocycles. The molecule has 0 bridgehead atoms. The number of esters is 1. The molecule has 1 aliphatic heterocycles. The zero-order valence-corrected chi connectivity index (χ0v) is 9.89. The fourth-order valence-electron chi connectivity index (χ4n) is 1.69. The first-order valence-corrected chi connectivity index (χ1v) is 5.80. The number of ether oxygens (including phenoxy) is 1. The number of β-lactam (4-membered cyclic amide) rings is 1. The summed E-state index contributed by atoms with van der Waals surface area (Å²) in [6.45, 7) is 0.419. The highest BCUT2D eigenvalue weighted by atomic mass is 16.5.